The standard InChI is InChI=1S/C24H37N5OS.HI/c1-4-28(5-2)19-21-10-7-6-9-20(21)17-26-24(25-3)27-18-22(23-11-8-16-31-23)29-12-14-30-15-13-29;/h6-11,16,22H,4-5,12-15,17-19H2,1-3H3,(H2,25,26,27);1H. The maximum Gasteiger partial charge on any atom is 0.191 e. The molecule has 8 heteroatoms. The van der Waals surface area contributed by atoms with Crippen molar-refractivity contribution in [2.75, 3.05) is 53.0 Å². The zero-order chi connectivity index (χ0) is 21.9. The van der Waals surface area contributed by atoms with Gasteiger partial charge in [-0.2, -0.15) is 0 Å². The highest BCUT2D eigenvalue weighted by atomic mass is 127. The predicted octanol–water partition coefficient (Wildman–Crippen LogP) is 3.95. The Labute approximate surface area is 214 Å². The smallest absolute Gasteiger partial charge is 0.191 e. The molecule has 0 aliphatic carbocycles. The van der Waals surface area contributed by atoms with Gasteiger partial charge in [-0.1, -0.05) is 44.2 Å². The zero-order valence-corrected chi connectivity index (χ0v) is 22.7. The third kappa shape index (κ3) is 7.98. The number of halogens is 1. The van der Waals surface area contributed by atoms with Crippen LogP contribution < -0.4 is 10.6 Å². The molecule has 3 rings (SSSR count). The molecule has 0 spiro atoms. The van der Waals surface area contributed by atoms with Crippen molar-refractivity contribution in [2.24, 2.45) is 4.99 Å². The van der Waals surface area contributed by atoms with Crippen LogP contribution in [0.3, 0.4) is 0 Å². The van der Waals surface area contributed by atoms with Crippen LogP contribution in [0, 0.1) is 0 Å². The Morgan fingerprint density at radius 2 is 1.81 bits per heavy atom. The Morgan fingerprint density at radius 3 is 2.44 bits per heavy atom. The van der Waals surface area contributed by atoms with E-state index in [2.05, 4.69) is 81.1 Å². The second-order valence-corrected chi connectivity index (χ2v) is 8.70. The Morgan fingerprint density at radius 1 is 1.09 bits per heavy atom. The lowest BCUT2D eigenvalue weighted by Gasteiger charge is -2.34. The van der Waals surface area contributed by atoms with E-state index in [9.17, 15) is 0 Å². The maximum absolute atomic E-state index is 5.56. The van der Waals surface area contributed by atoms with Gasteiger partial charge in [0.05, 0.1) is 19.3 Å². The molecule has 0 bridgehead atoms. The number of guanidine groups is 1. The van der Waals surface area contributed by atoms with Gasteiger partial charge in [-0.3, -0.25) is 14.8 Å². The molecule has 0 radical (unpaired) electrons. The van der Waals surface area contributed by atoms with Gasteiger partial charge >= 0.3 is 0 Å². The molecule has 1 atom stereocenters. The number of hydrogen-bond acceptors (Lipinski definition) is 5. The predicted molar refractivity (Wildman–Crippen MR) is 146 cm³/mol. The molecule has 1 saturated heterocycles. The second-order valence-electron chi connectivity index (χ2n) is 7.72. The molecule has 1 aromatic heterocycles. The van der Waals surface area contributed by atoms with Gasteiger partial charge in [0.15, 0.2) is 5.96 Å². The van der Waals surface area contributed by atoms with Gasteiger partial charge in [0, 0.05) is 44.6 Å². The number of ether oxygens (including phenoxy) is 1. The molecule has 1 unspecified atom stereocenters. The number of nitrogens with one attached hydrogen (secondary N) is 2. The number of aliphatic imine (C=N–C) groups is 1. The molecule has 178 valence electrons. The van der Waals surface area contributed by atoms with Crippen LogP contribution in [0.5, 0.6) is 0 Å². The minimum atomic E-state index is 0. The fourth-order valence-corrected chi connectivity index (χ4v) is 4.81. The van der Waals surface area contributed by atoms with E-state index in [0.29, 0.717) is 6.04 Å². The van der Waals surface area contributed by atoms with Crippen molar-refractivity contribution in [2.45, 2.75) is 33.0 Å². The van der Waals surface area contributed by atoms with Crippen molar-refractivity contribution in [3.8, 4) is 0 Å². The van der Waals surface area contributed by atoms with Gasteiger partial charge in [-0.05, 0) is 35.7 Å². The molecule has 1 aliphatic rings. The van der Waals surface area contributed by atoms with E-state index >= 15 is 0 Å². The normalized spacial score (nSPS) is 15.9. The summed E-state index contributed by atoms with van der Waals surface area (Å²) in [4.78, 5) is 10.8. The average Bonchev–Trinajstić information content (AvgIpc) is 3.35. The van der Waals surface area contributed by atoms with E-state index in [1.807, 2.05) is 18.4 Å². The van der Waals surface area contributed by atoms with E-state index in [-0.39, 0.29) is 24.0 Å². The SMILES string of the molecule is CCN(CC)Cc1ccccc1CNC(=NC)NCC(c1cccs1)N1CCOCC1.I. The van der Waals surface area contributed by atoms with Gasteiger partial charge < -0.3 is 15.4 Å². The summed E-state index contributed by atoms with van der Waals surface area (Å²) in [6, 6.07) is 13.4. The summed E-state index contributed by atoms with van der Waals surface area (Å²) < 4.78 is 5.56. The molecular weight excluding hydrogens is 533 g/mol. The minimum absolute atomic E-state index is 0. The second kappa shape index (κ2) is 14.8. The van der Waals surface area contributed by atoms with E-state index < -0.39 is 0 Å². The molecule has 32 heavy (non-hydrogen) atoms. The van der Waals surface area contributed by atoms with Crippen LogP contribution >= 0.6 is 35.3 Å². The van der Waals surface area contributed by atoms with Crippen molar-refractivity contribution < 1.29 is 4.74 Å². The van der Waals surface area contributed by atoms with Crippen molar-refractivity contribution in [3.05, 3.63) is 57.8 Å². The Balaban J connectivity index is 0.00000363. The molecule has 0 amide bonds. The summed E-state index contributed by atoms with van der Waals surface area (Å²) in [6.07, 6.45) is 0. The van der Waals surface area contributed by atoms with E-state index in [1.54, 1.807) is 0 Å². The van der Waals surface area contributed by atoms with Crippen molar-refractivity contribution >= 4 is 41.3 Å². The minimum Gasteiger partial charge on any atom is -0.379 e. The van der Waals surface area contributed by atoms with Crippen LogP contribution in [0.25, 0.3) is 0 Å². The highest BCUT2D eigenvalue weighted by Crippen LogP contribution is 2.25. The number of rotatable bonds is 10. The first-order valence-corrected chi connectivity index (χ1v) is 12.2. The van der Waals surface area contributed by atoms with Crippen molar-refractivity contribution in [1.29, 1.82) is 0 Å². The van der Waals surface area contributed by atoms with Crippen LogP contribution in [-0.2, 0) is 17.8 Å². The first-order chi connectivity index (χ1) is 15.2. The Kier molecular flexibility index (Phi) is 12.6. The molecular formula is C24H38IN5OS. The lowest BCUT2D eigenvalue weighted by molar-refractivity contribution is 0.0177. The zero-order valence-electron chi connectivity index (χ0n) is 19.5. The topological polar surface area (TPSA) is 52.1 Å². The highest BCUT2D eigenvalue weighted by molar-refractivity contribution is 14.0. The molecule has 1 fully saturated rings. The van der Waals surface area contributed by atoms with E-state index in [1.165, 1.54) is 16.0 Å². The van der Waals surface area contributed by atoms with Crippen LogP contribution in [0.4, 0.5) is 0 Å². The number of nitrogens with zero attached hydrogens (tertiary/aromatic N) is 3. The van der Waals surface area contributed by atoms with Crippen LogP contribution in [0.15, 0.2) is 46.8 Å². The Hall–Kier alpha value is -1.20. The van der Waals surface area contributed by atoms with E-state index in [0.717, 1.165) is 65.0 Å². The van der Waals surface area contributed by atoms with Crippen LogP contribution in [0.2, 0.25) is 0 Å². The first-order valence-electron chi connectivity index (χ1n) is 11.3. The summed E-state index contributed by atoms with van der Waals surface area (Å²) in [6.45, 7) is 12.7. The molecule has 2 N–H and O–H groups in total. The van der Waals surface area contributed by atoms with Crippen LogP contribution in [0.1, 0.15) is 35.9 Å². The molecule has 1 aromatic carbocycles. The fourth-order valence-electron chi connectivity index (χ4n) is 3.94. The van der Waals surface area contributed by atoms with Gasteiger partial charge in [0.25, 0.3) is 0 Å². The highest BCUT2D eigenvalue weighted by Gasteiger charge is 2.23. The lowest BCUT2D eigenvalue weighted by atomic mass is 10.1. The molecule has 2 aromatic rings. The van der Waals surface area contributed by atoms with Gasteiger partial charge in [-0.15, -0.1) is 35.3 Å². The molecule has 0 saturated carbocycles. The number of morpholine rings is 1. The number of hydrogen-bond donors (Lipinski definition) is 2. The molecule has 1 aliphatic heterocycles. The Bertz CT molecular complexity index is 791. The lowest BCUT2D eigenvalue weighted by Crippen LogP contribution is -2.46. The summed E-state index contributed by atoms with van der Waals surface area (Å²) in [7, 11) is 1.84. The van der Waals surface area contributed by atoms with E-state index in [4.69, 9.17) is 4.74 Å². The number of thiophene rings is 1. The van der Waals surface area contributed by atoms with Gasteiger partial charge in [0.1, 0.15) is 0 Å². The summed E-state index contributed by atoms with van der Waals surface area (Å²) in [5.74, 6) is 0.840. The largest absolute Gasteiger partial charge is 0.379 e. The third-order valence-corrected chi connectivity index (χ3v) is 6.87. The third-order valence-electron chi connectivity index (χ3n) is 5.90. The summed E-state index contributed by atoms with van der Waals surface area (Å²) >= 11 is 1.82. The molecule has 2 heterocycles. The first kappa shape index (κ1) is 27.0. The fraction of sp³-hybridized carbons (Fsp3) is 0.542. The quantitative estimate of drug-likeness (QED) is 0.257. The van der Waals surface area contributed by atoms with Crippen molar-refractivity contribution in [3.63, 3.8) is 0 Å². The molecule has 6 nitrogen and oxygen atoms in total. The summed E-state index contributed by atoms with van der Waals surface area (Å²) in [5.41, 5.74) is 2.69. The van der Waals surface area contributed by atoms with Crippen molar-refractivity contribution in [1.82, 2.24) is 20.4 Å². The van der Waals surface area contributed by atoms with Gasteiger partial charge in [0.2, 0.25) is 0 Å². The monoisotopic (exact) mass is 571 g/mol. The summed E-state index contributed by atoms with van der Waals surface area (Å²) in [5, 5.41) is 9.24. The number of benzene rings is 1. The van der Waals surface area contributed by atoms with Crippen LogP contribution in [-0.4, -0.2) is 68.7 Å². The average molecular weight is 572 g/mol. The van der Waals surface area contributed by atoms with Gasteiger partial charge in [-0.25, -0.2) is 0 Å². The maximum atomic E-state index is 5.56.